The van der Waals surface area contributed by atoms with Crippen molar-refractivity contribution in [3.63, 3.8) is 0 Å². The second-order valence-electron chi connectivity index (χ2n) is 6.75. The minimum absolute atomic E-state index is 0.314. The van der Waals surface area contributed by atoms with E-state index in [0.717, 1.165) is 31.7 Å². The molecule has 2 aromatic carbocycles. The molecule has 0 amide bonds. The van der Waals surface area contributed by atoms with Crippen LogP contribution in [0.3, 0.4) is 0 Å². The van der Waals surface area contributed by atoms with Crippen molar-refractivity contribution in [2.75, 3.05) is 6.61 Å². The van der Waals surface area contributed by atoms with Crippen LogP contribution in [0.15, 0.2) is 68.8 Å². The highest BCUT2D eigenvalue weighted by atomic mass is 79.9. The Balaban J connectivity index is 2.08. The van der Waals surface area contributed by atoms with E-state index in [9.17, 15) is 9.59 Å². The van der Waals surface area contributed by atoms with Gasteiger partial charge in [-0.1, -0.05) is 28.1 Å². The third kappa shape index (κ3) is 3.21. The van der Waals surface area contributed by atoms with Gasteiger partial charge in [-0.25, -0.2) is 4.79 Å². The molecule has 0 unspecified atom stereocenters. The number of benzene rings is 2. The maximum Gasteiger partial charge on any atom is 0.330 e. The summed E-state index contributed by atoms with van der Waals surface area (Å²) < 4.78 is 11.1. The molecule has 0 saturated heterocycles. The molecular weight excluding hydrogens is 434 g/mol. The van der Waals surface area contributed by atoms with Crippen molar-refractivity contribution >= 4 is 26.8 Å². The molecule has 0 spiro atoms. The average molecular weight is 454 g/mol. The quantitative estimate of drug-likeness (QED) is 0.471. The number of halogens is 1. The number of aromatic nitrogens is 3. The summed E-state index contributed by atoms with van der Waals surface area (Å²) in [6.45, 7) is 2.53. The Hall–Kier alpha value is -3.06. The SMILES string of the molecule is CCOc1ccc(-n2cc3c(c2-c2ccc(Br)cc2)c(=O)n(C)c(=O)n3C)cc1. The predicted octanol–water partition coefficient (Wildman–Crippen LogP) is 3.86. The normalized spacial score (nSPS) is 11.2. The molecule has 0 radical (unpaired) electrons. The topological polar surface area (TPSA) is 58.2 Å². The lowest BCUT2D eigenvalue weighted by Gasteiger charge is -2.11. The number of aryl methyl sites for hydroxylation is 1. The molecule has 0 bridgehead atoms. The summed E-state index contributed by atoms with van der Waals surface area (Å²) in [4.78, 5) is 25.5. The molecule has 0 atom stereocenters. The molecular formula is C22H20BrN3O3. The fourth-order valence-electron chi connectivity index (χ4n) is 3.51. The fourth-order valence-corrected chi connectivity index (χ4v) is 3.77. The molecule has 0 saturated carbocycles. The number of rotatable bonds is 4. The summed E-state index contributed by atoms with van der Waals surface area (Å²) in [6.07, 6.45) is 1.84. The Morgan fingerprint density at radius 2 is 1.59 bits per heavy atom. The van der Waals surface area contributed by atoms with Crippen LogP contribution in [0.25, 0.3) is 27.8 Å². The van der Waals surface area contributed by atoms with Gasteiger partial charge >= 0.3 is 5.69 Å². The summed E-state index contributed by atoms with van der Waals surface area (Å²) in [5, 5.41) is 0.505. The van der Waals surface area contributed by atoms with Gasteiger partial charge in [-0.2, -0.15) is 0 Å². The van der Waals surface area contributed by atoms with E-state index in [4.69, 9.17) is 4.74 Å². The van der Waals surface area contributed by atoms with Crippen LogP contribution in [0.5, 0.6) is 5.75 Å². The first-order chi connectivity index (χ1) is 13.9. The zero-order valence-corrected chi connectivity index (χ0v) is 17.9. The monoisotopic (exact) mass is 453 g/mol. The van der Waals surface area contributed by atoms with Crippen molar-refractivity contribution in [2.24, 2.45) is 14.1 Å². The number of ether oxygens (including phenoxy) is 1. The van der Waals surface area contributed by atoms with E-state index in [1.165, 1.54) is 11.6 Å². The highest BCUT2D eigenvalue weighted by Gasteiger charge is 2.20. The molecule has 0 aliphatic carbocycles. The predicted molar refractivity (Wildman–Crippen MR) is 118 cm³/mol. The van der Waals surface area contributed by atoms with Crippen LogP contribution in [0.1, 0.15) is 6.92 Å². The minimum atomic E-state index is -0.353. The Kier molecular flexibility index (Phi) is 4.92. The van der Waals surface area contributed by atoms with E-state index in [-0.39, 0.29) is 11.2 Å². The lowest BCUT2D eigenvalue weighted by Crippen LogP contribution is -2.36. The summed E-state index contributed by atoms with van der Waals surface area (Å²) in [5.74, 6) is 0.779. The van der Waals surface area contributed by atoms with Gasteiger partial charge in [-0.05, 0) is 48.9 Å². The summed E-state index contributed by atoms with van der Waals surface area (Å²) >= 11 is 3.46. The van der Waals surface area contributed by atoms with Crippen LogP contribution in [0.4, 0.5) is 0 Å². The van der Waals surface area contributed by atoms with E-state index in [0.29, 0.717) is 17.5 Å². The molecule has 4 aromatic rings. The van der Waals surface area contributed by atoms with Crippen molar-refractivity contribution < 1.29 is 4.74 Å². The van der Waals surface area contributed by atoms with Crippen LogP contribution in [-0.4, -0.2) is 20.3 Å². The van der Waals surface area contributed by atoms with E-state index in [1.54, 1.807) is 7.05 Å². The maximum atomic E-state index is 13.1. The fraction of sp³-hybridized carbons (Fsp3) is 0.182. The molecule has 4 rings (SSSR count). The molecule has 148 valence electrons. The molecule has 0 aliphatic heterocycles. The molecule has 7 heteroatoms. The van der Waals surface area contributed by atoms with Crippen molar-refractivity contribution in [2.45, 2.75) is 6.92 Å². The van der Waals surface area contributed by atoms with Crippen LogP contribution in [-0.2, 0) is 14.1 Å². The van der Waals surface area contributed by atoms with Crippen LogP contribution >= 0.6 is 15.9 Å². The number of hydrogen-bond donors (Lipinski definition) is 0. The summed E-state index contributed by atoms with van der Waals surface area (Å²) in [7, 11) is 3.18. The van der Waals surface area contributed by atoms with Crippen LogP contribution in [0, 0.1) is 0 Å². The number of nitrogens with zero attached hydrogens (tertiary/aromatic N) is 3. The number of fused-ring (bicyclic) bond motifs is 1. The van der Waals surface area contributed by atoms with E-state index < -0.39 is 0 Å². The minimum Gasteiger partial charge on any atom is -0.494 e. The lowest BCUT2D eigenvalue weighted by molar-refractivity contribution is 0.340. The van der Waals surface area contributed by atoms with Gasteiger partial charge in [0.15, 0.2) is 0 Å². The van der Waals surface area contributed by atoms with Gasteiger partial charge in [0, 0.05) is 30.5 Å². The molecule has 0 N–H and O–H groups in total. The number of hydrogen-bond acceptors (Lipinski definition) is 3. The van der Waals surface area contributed by atoms with E-state index >= 15 is 0 Å². The standard InChI is InChI=1S/C22H20BrN3O3/c1-4-29-17-11-9-16(10-12-17)26-13-18-19(21(27)25(3)22(28)24(18)2)20(26)14-5-7-15(23)8-6-14/h5-13H,4H2,1-3H3. The van der Waals surface area contributed by atoms with Gasteiger partial charge in [-0.3, -0.25) is 13.9 Å². The highest BCUT2D eigenvalue weighted by molar-refractivity contribution is 9.10. The Morgan fingerprint density at radius 1 is 0.931 bits per heavy atom. The third-order valence-corrected chi connectivity index (χ3v) is 5.51. The molecule has 29 heavy (non-hydrogen) atoms. The Bertz CT molecular complexity index is 1310. The largest absolute Gasteiger partial charge is 0.494 e. The first-order valence-electron chi connectivity index (χ1n) is 9.22. The zero-order chi connectivity index (χ0) is 20.7. The highest BCUT2D eigenvalue weighted by Crippen LogP contribution is 2.32. The van der Waals surface area contributed by atoms with Gasteiger partial charge in [0.05, 0.1) is 23.2 Å². The first kappa shape index (κ1) is 19.3. The second kappa shape index (κ2) is 7.40. The Labute approximate surface area is 175 Å². The second-order valence-corrected chi connectivity index (χ2v) is 7.66. The maximum absolute atomic E-state index is 13.1. The molecule has 6 nitrogen and oxygen atoms in total. The Morgan fingerprint density at radius 3 is 2.21 bits per heavy atom. The van der Waals surface area contributed by atoms with Crippen molar-refractivity contribution in [1.82, 2.24) is 13.7 Å². The molecule has 0 fully saturated rings. The van der Waals surface area contributed by atoms with E-state index in [2.05, 4.69) is 15.9 Å². The third-order valence-electron chi connectivity index (χ3n) is 4.98. The summed E-state index contributed by atoms with van der Waals surface area (Å²) in [6, 6.07) is 15.4. The average Bonchev–Trinajstić information content (AvgIpc) is 3.13. The van der Waals surface area contributed by atoms with Crippen LogP contribution < -0.4 is 16.0 Å². The molecule has 0 aliphatic rings. The smallest absolute Gasteiger partial charge is 0.330 e. The molecule has 2 heterocycles. The lowest BCUT2D eigenvalue weighted by atomic mass is 10.1. The van der Waals surface area contributed by atoms with Gasteiger partial charge in [-0.15, -0.1) is 0 Å². The van der Waals surface area contributed by atoms with Gasteiger partial charge in [0.1, 0.15) is 5.75 Å². The molecule has 2 aromatic heterocycles. The zero-order valence-electron chi connectivity index (χ0n) is 16.3. The van der Waals surface area contributed by atoms with Crippen molar-refractivity contribution in [3.8, 4) is 22.7 Å². The first-order valence-corrected chi connectivity index (χ1v) is 10.0. The van der Waals surface area contributed by atoms with E-state index in [1.807, 2.05) is 66.2 Å². The van der Waals surface area contributed by atoms with Gasteiger partial charge in [0.2, 0.25) is 0 Å². The van der Waals surface area contributed by atoms with Gasteiger partial charge < -0.3 is 9.30 Å². The van der Waals surface area contributed by atoms with Crippen molar-refractivity contribution in [1.29, 1.82) is 0 Å². The van der Waals surface area contributed by atoms with Gasteiger partial charge in [0.25, 0.3) is 5.56 Å². The summed E-state index contributed by atoms with van der Waals surface area (Å²) in [5.41, 5.74) is 2.42. The van der Waals surface area contributed by atoms with Crippen molar-refractivity contribution in [3.05, 3.63) is 80.0 Å². The van der Waals surface area contributed by atoms with Crippen LogP contribution in [0.2, 0.25) is 0 Å².